The number of carbonyl (C=O) groups is 2. The van der Waals surface area contributed by atoms with E-state index in [0.717, 1.165) is 0 Å². The van der Waals surface area contributed by atoms with Crippen molar-refractivity contribution in [2.24, 2.45) is 0 Å². The average molecular weight is 404 g/mol. The largest absolute Gasteiger partial charge is 0.378 e. The van der Waals surface area contributed by atoms with Gasteiger partial charge >= 0.3 is 0 Å². The van der Waals surface area contributed by atoms with E-state index in [1.165, 1.54) is 0 Å². The molecular weight excluding hydrogens is 381 g/mol. The number of amides is 2. The van der Waals surface area contributed by atoms with Crippen LogP contribution in [0.4, 0.5) is 5.69 Å². The maximum Gasteiger partial charge on any atom is 0.255 e. The number of anilines is 1. The lowest BCUT2D eigenvalue weighted by Gasteiger charge is -2.29. The number of hydrogen-bond acceptors (Lipinski definition) is 5. The molecule has 2 N–H and O–H groups in total. The Morgan fingerprint density at radius 2 is 2.00 bits per heavy atom. The molecule has 3 rings (SSSR count). The van der Waals surface area contributed by atoms with Crippen LogP contribution < -0.4 is 10.6 Å². The van der Waals surface area contributed by atoms with Crippen LogP contribution in [0.2, 0.25) is 5.02 Å². The first kappa shape index (κ1) is 20.9. The number of nitrogens with one attached hydrogen (secondary N) is 2. The molecule has 2 heterocycles. The number of ether oxygens (including phenoxy) is 2. The van der Waals surface area contributed by atoms with E-state index in [-0.39, 0.29) is 30.3 Å². The van der Waals surface area contributed by atoms with Gasteiger partial charge in [0, 0.05) is 25.3 Å². The van der Waals surface area contributed by atoms with Crippen LogP contribution in [0.1, 0.15) is 17.3 Å². The van der Waals surface area contributed by atoms with Crippen molar-refractivity contribution < 1.29 is 19.1 Å². The number of nitrogens with zero attached hydrogens (tertiary/aromatic N) is 1. The minimum Gasteiger partial charge on any atom is -0.378 e. The summed E-state index contributed by atoms with van der Waals surface area (Å²) in [6.07, 6.45) is -0.202. The monoisotopic (exact) mass is 403 g/mol. The molecule has 2 fully saturated rings. The fraction of sp³-hybridized carbons (Fsp3) is 0.529. The van der Waals surface area contributed by atoms with Crippen LogP contribution in [0, 0.1) is 0 Å². The van der Waals surface area contributed by atoms with Crippen molar-refractivity contribution in [1.82, 2.24) is 10.2 Å². The van der Waals surface area contributed by atoms with Crippen molar-refractivity contribution in [1.29, 1.82) is 0 Å². The smallest absolute Gasteiger partial charge is 0.255 e. The molecule has 144 valence electrons. The summed E-state index contributed by atoms with van der Waals surface area (Å²) in [5, 5.41) is 6.27. The van der Waals surface area contributed by atoms with Gasteiger partial charge in [-0.05, 0) is 25.1 Å². The van der Waals surface area contributed by atoms with Crippen LogP contribution in [0.25, 0.3) is 0 Å². The van der Waals surface area contributed by atoms with Crippen LogP contribution in [-0.2, 0) is 14.3 Å². The van der Waals surface area contributed by atoms with Crippen molar-refractivity contribution in [3.8, 4) is 0 Å². The molecule has 2 aliphatic heterocycles. The van der Waals surface area contributed by atoms with Crippen molar-refractivity contribution in [3.63, 3.8) is 0 Å². The Morgan fingerprint density at radius 1 is 1.27 bits per heavy atom. The van der Waals surface area contributed by atoms with Gasteiger partial charge in [0.25, 0.3) is 5.91 Å². The summed E-state index contributed by atoms with van der Waals surface area (Å²) in [6, 6.07) is 4.51. The normalized spacial score (nSPS) is 23.1. The van der Waals surface area contributed by atoms with Crippen LogP contribution in [0.3, 0.4) is 0 Å². The van der Waals surface area contributed by atoms with Gasteiger partial charge < -0.3 is 25.0 Å². The van der Waals surface area contributed by atoms with Gasteiger partial charge in [-0.25, -0.2) is 0 Å². The lowest BCUT2D eigenvalue weighted by atomic mass is 10.1. The molecule has 1 aromatic carbocycles. The Hall–Kier alpha value is -1.38. The predicted octanol–water partition coefficient (Wildman–Crippen LogP) is 1.55. The van der Waals surface area contributed by atoms with Crippen LogP contribution in [0.5, 0.6) is 0 Å². The zero-order valence-corrected chi connectivity index (χ0v) is 16.1. The minimum absolute atomic E-state index is 0. The maximum absolute atomic E-state index is 12.5. The number of rotatable bonds is 3. The van der Waals surface area contributed by atoms with Gasteiger partial charge in [0.1, 0.15) is 6.04 Å². The molecule has 1 aromatic rings. The highest BCUT2D eigenvalue weighted by Crippen LogP contribution is 2.23. The molecule has 0 radical (unpaired) electrons. The Kier molecular flexibility index (Phi) is 7.67. The fourth-order valence-electron chi connectivity index (χ4n) is 2.95. The zero-order valence-electron chi connectivity index (χ0n) is 14.5. The first-order chi connectivity index (χ1) is 12.1. The van der Waals surface area contributed by atoms with Crippen molar-refractivity contribution in [2.45, 2.75) is 19.1 Å². The highest BCUT2D eigenvalue weighted by atomic mass is 35.5. The van der Waals surface area contributed by atoms with E-state index >= 15 is 0 Å². The summed E-state index contributed by atoms with van der Waals surface area (Å²) in [7, 11) is 0. The average Bonchev–Trinajstić information content (AvgIpc) is 2.62. The first-order valence-corrected chi connectivity index (χ1v) is 8.76. The highest BCUT2D eigenvalue weighted by Gasteiger charge is 2.28. The first-order valence-electron chi connectivity index (χ1n) is 8.38. The summed E-state index contributed by atoms with van der Waals surface area (Å²) in [5.74, 6) is -0.308. The predicted molar refractivity (Wildman–Crippen MR) is 101 cm³/mol. The Morgan fingerprint density at radius 3 is 2.65 bits per heavy atom. The Bertz CT molecular complexity index is 653. The molecule has 2 saturated heterocycles. The summed E-state index contributed by atoms with van der Waals surface area (Å²) in [6.45, 7) is 5.26. The fourth-order valence-corrected chi connectivity index (χ4v) is 3.21. The van der Waals surface area contributed by atoms with Gasteiger partial charge in [-0.3, -0.25) is 9.59 Å². The van der Waals surface area contributed by atoms with E-state index in [1.807, 2.05) is 6.92 Å². The second-order valence-electron chi connectivity index (χ2n) is 6.10. The van der Waals surface area contributed by atoms with Crippen molar-refractivity contribution >= 4 is 41.5 Å². The number of carbonyl (C=O) groups excluding carboxylic acids is 2. The highest BCUT2D eigenvalue weighted by molar-refractivity contribution is 6.34. The number of benzene rings is 1. The molecule has 7 nitrogen and oxygen atoms in total. The molecular formula is C17H23Cl2N3O4. The van der Waals surface area contributed by atoms with Crippen LogP contribution in [0.15, 0.2) is 18.2 Å². The standard InChI is InChI=1S/C17H22ClN3O4.ClH/c1-11-15(19-4-7-25-11)16(22)20-12-2-3-13(14(18)10-12)17(23)21-5-8-24-9-6-21;/h2-3,10-11,15,19H,4-9H2,1H3,(H,20,22);1H/t11-,15+;/m1./s1. The third kappa shape index (κ3) is 4.86. The van der Waals surface area contributed by atoms with E-state index in [1.54, 1.807) is 23.1 Å². The van der Waals surface area contributed by atoms with E-state index in [2.05, 4.69) is 10.6 Å². The maximum atomic E-state index is 12.5. The van der Waals surface area contributed by atoms with Crippen molar-refractivity contribution in [2.75, 3.05) is 44.8 Å². The Balaban J connectivity index is 0.00000243. The molecule has 0 bridgehead atoms. The molecule has 26 heavy (non-hydrogen) atoms. The third-order valence-electron chi connectivity index (χ3n) is 4.36. The van der Waals surface area contributed by atoms with Gasteiger partial charge in [0.15, 0.2) is 0 Å². The molecule has 0 aliphatic carbocycles. The molecule has 2 atom stereocenters. The zero-order chi connectivity index (χ0) is 17.8. The second-order valence-corrected chi connectivity index (χ2v) is 6.50. The molecule has 0 saturated carbocycles. The van der Waals surface area contributed by atoms with E-state index < -0.39 is 6.04 Å². The summed E-state index contributed by atoms with van der Waals surface area (Å²) < 4.78 is 10.7. The van der Waals surface area contributed by atoms with Crippen LogP contribution in [-0.4, -0.2) is 68.3 Å². The molecule has 2 amide bonds. The molecule has 9 heteroatoms. The van der Waals surface area contributed by atoms with Gasteiger partial charge in [0.2, 0.25) is 5.91 Å². The molecule has 0 spiro atoms. The van der Waals surface area contributed by atoms with E-state index in [4.69, 9.17) is 21.1 Å². The third-order valence-corrected chi connectivity index (χ3v) is 4.68. The molecule has 0 aromatic heterocycles. The van der Waals surface area contributed by atoms with E-state index in [0.29, 0.717) is 55.7 Å². The number of hydrogen-bond donors (Lipinski definition) is 2. The summed E-state index contributed by atoms with van der Waals surface area (Å²) in [4.78, 5) is 26.6. The second kappa shape index (κ2) is 9.53. The number of morpholine rings is 2. The quantitative estimate of drug-likeness (QED) is 0.799. The summed E-state index contributed by atoms with van der Waals surface area (Å²) in [5.41, 5.74) is 0.974. The SMILES string of the molecule is C[C@H]1OCCN[C@@H]1C(=O)Nc1ccc(C(=O)N2CCOCC2)c(Cl)c1.Cl. The topological polar surface area (TPSA) is 79.9 Å². The van der Waals surface area contributed by atoms with Crippen molar-refractivity contribution in [3.05, 3.63) is 28.8 Å². The van der Waals surface area contributed by atoms with Gasteiger partial charge in [-0.2, -0.15) is 0 Å². The van der Waals surface area contributed by atoms with E-state index in [9.17, 15) is 9.59 Å². The molecule has 2 aliphatic rings. The minimum atomic E-state index is -0.415. The lowest BCUT2D eigenvalue weighted by Crippen LogP contribution is -2.53. The Labute approximate surface area is 163 Å². The summed E-state index contributed by atoms with van der Waals surface area (Å²) >= 11 is 6.27. The lowest BCUT2D eigenvalue weighted by molar-refractivity contribution is -0.123. The van der Waals surface area contributed by atoms with Gasteiger partial charge in [-0.1, -0.05) is 11.6 Å². The van der Waals surface area contributed by atoms with Gasteiger partial charge in [-0.15, -0.1) is 12.4 Å². The number of halogens is 2. The molecule has 0 unspecified atom stereocenters. The van der Waals surface area contributed by atoms with Gasteiger partial charge in [0.05, 0.1) is 36.5 Å². The van der Waals surface area contributed by atoms with Crippen LogP contribution >= 0.6 is 24.0 Å².